The first-order valence-corrected chi connectivity index (χ1v) is 10.0. The minimum absolute atomic E-state index is 0.00336. The maximum Gasteiger partial charge on any atom is 0.450 e. The molecule has 1 N–H and O–H groups in total. The smallest absolute Gasteiger partial charge is 0.450 e. The van der Waals surface area contributed by atoms with Crippen molar-refractivity contribution in [2.45, 2.75) is 32.0 Å². The average Bonchev–Trinajstić information content (AvgIpc) is 2.76. The van der Waals surface area contributed by atoms with E-state index in [1.165, 1.54) is 43.5 Å². The number of likely N-dealkylation sites (tertiary alicyclic amines) is 1. The first-order valence-electron chi connectivity index (χ1n) is 10.0. The van der Waals surface area contributed by atoms with Crippen molar-refractivity contribution >= 4 is 11.0 Å². The lowest BCUT2D eigenvalue weighted by Gasteiger charge is -2.27. The van der Waals surface area contributed by atoms with E-state index in [1.54, 1.807) is 0 Å². The Morgan fingerprint density at radius 2 is 1.74 bits per heavy atom. The highest BCUT2D eigenvalue weighted by Gasteiger charge is 2.40. The molecule has 1 fully saturated rings. The molecule has 2 heterocycles. The van der Waals surface area contributed by atoms with Crippen LogP contribution in [0.1, 0.15) is 30.6 Å². The molecule has 0 aliphatic carbocycles. The number of hydrogen-bond donors (Lipinski definition) is 1. The van der Waals surface area contributed by atoms with Gasteiger partial charge >= 0.3 is 6.18 Å². The lowest BCUT2D eigenvalue weighted by molar-refractivity contribution is -0.152. The van der Waals surface area contributed by atoms with Gasteiger partial charge in [0.05, 0.1) is 23.6 Å². The molecule has 0 spiro atoms. The molecule has 1 saturated heterocycles. The molecule has 0 atom stereocenters. The molecular weight excluding hydrogens is 411 g/mol. The summed E-state index contributed by atoms with van der Waals surface area (Å²) in [4.78, 5) is 15.3. The van der Waals surface area contributed by atoms with Gasteiger partial charge in [-0.2, -0.15) is 13.2 Å². The van der Waals surface area contributed by atoms with Crippen molar-refractivity contribution in [1.29, 1.82) is 0 Å². The van der Waals surface area contributed by atoms with Crippen LogP contribution in [0, 0.1) is 0 Å². The van der Waals surface area contributed by atoms with Gasteiger partial charge in [0.15, 0.2) is 0 Å². The minimum atomic E-state index is -4.89. The monoisotopic (exact) mass is 433 g/mol. The predicted octanol–water partition coefficient (Wildman–Crippen LogP) is 5.18. The summed E-state index contributed by atoms with van der Waals surface area (Å²) in [6, 6.07) is 8.39. The van der Waals surface area contributed by atoms with Gasteiger partial charge in [0, 0.05) is 6.54 Å². The fourth-order valence-electron chi connectivity index (χ4n) is 4.02. The summed E-state index contributed by atoms with van der Waals surface area (Å²) >= 11 is 0. The van der Waals surface area contributed by atoms with Crippen LogP contribution in [0.3, 0.4) is 0 Å². The normalized spacial score (nSPS) is 15.4. The second-order valence-corrected chi connectivity index (χ2v) is 7.64. The van der Waals surface area contributed by atoms with E-state index in [-0.39, 0.29) is 34.4 Å². The number of ether oxygens (including phenoxy) is 1. The zero-order valence-electron chi connectivity index (χ0n) is 17.0. The molecule has 0 radical (unpaired) electrons. The number of piperidine rings is 1. The van der Waals surface area contributed by atoms with Crippen molar-refractivity contribution in [3.63, 3.8) is 0 Å². The Morgan fingerprint density at radius 3 is 2.35 bits per heavy atom. The van der Waals surface area contributed by atoms with Crippen molar-refractivity contribution in [3.05, 3.63) is 57.9 Å². The summed E-state index contributed by atoms with van der Waals surface area (Å²) < 4.78 is 52.3. The number of benzene rings is 2. The Morgan fingerprint density at radius 1 is 1.06 bits per heavy atom. The Hall–Kier alpha value is -3.00. The first kappa shape index (κ1) is 21.2. The maximum absolute atomic E-state index is 13.9. The summed E-state index contributed by atoms with van der Waals surface area (Å²) in [5.74, 6) is -1.11. The molecule has 0 saturated carbocycles. The topological polar surface area (TPSA) is 62.9 Å². The minimum Gasteiger partial charge on any atom is -0.507 e. The zero-order chi connectivity index (χ0) is 22.2. The molecule has 8 heteroatoms. The van der Waals surface area contributed by atoms with Gasteiger partial charge in [-0.1, -0.05) is 18.6 Å². The van der Waals surface area contributed by atoms with Crippen LogP contribution in [0.25, 0.3) is 22.1 Å². The highest BCUT2D eigenvalue weighted by Crippen LogP contribution is 2.39. The van der Waals surface area contributed by atoms with E-state index in [0.717, 1.165) is 32.4 Å². The average molecular weight is 433 g/mol. The number of phenols is 1. The summed E-state index contributed by atoms with van der Waals surface area (Å²) in [5, 5.41) is 10.4. The van der Waals surface area contributed by atoms with Crippen molar-refractivity contribution in [2.24, 2.45) is 0 Å². The number of fused-ring (bicyclic) bond motifs is 1. The molecule has 1 aliphatic heterocycles. The highest BCUT2D eigenvalue weighted by molar-refractivity contribution is 5.86. The summed E-state index contributed by atoms with van der Waals surface area (Å²) in [5.41, 5.74) is -1.30. The summed E-state index contributed by atoms with van der Waals surface area (Å²) in [6.07, 6.45) is -1.84. The van der Waals surface area contributed by atoms with Gasteiger partial charge in [-0.05, 0) is 55.8 Å². The van der Waals surface area contributed by atoms with Crippen LogP contribution in [0.4, 0.5) is 13.2 Å². The quantitative estimate of drug-likeness (QED) is 0.614. The largest absolute Gasteiger partial charge is 0.507 e. The molecule has 1 aliphatic rings. The Balaban J connectivity index is 1.94. The Labute approximate surface area is 176 Å². The molecule has 0 bridgehead atoms. The molecule has 3 aromatic rings. The number of alkyl halides is 3. The number of rotatable bonds is 4. The number of methoxy groups -OCH3 is 1. The number of aromatic hydroxyl groups is 1. The molecule has 5 nitrogen and oxygen atoms in total. The highest BCUT2D eigenvalue weighted by atomic mass is 19.4. The van der Waals surface area contributed by atoms with Gasteiger partial charge in [0.1, 0.15) is 17.1 Å². The van der Waals surface area contributed by atoms with E-state index in [1.807, 2.05) is 4.90 Å². The molecule has 4 rings (SSSR count). The lowest BCUT2D eigenvalue weighted by Crippen LogP contribution is -2.29. The van der Waals surface area contributed by atoms with Gasteiger partial charge in [-0.25, -0.2) is 0 Å². The van der Waals surface area contributed by atoms with Gasteiger partial charge in [0.2, 0.25) is 11.2 Å². The molecule has 2 aromatic carbocycles. The fraction of sp³-hybridized carbons (Fsp3) is 0.348. The van der Waals surface area contributed by atoms with Crippen LogP contribution in [0.5, 0.6) is 11.5 Å². The Bertz CT molecular complexity index is 1150. The van der Waals surface area contributed by atoms with Gasteiger partial charge in [-0.15, -0.1) is 0 Å². The van der Waals surface area contributed by atoms with Crippen LogP contribution in [-0.4, -0.2) is 30.2 Å². The van der Waals surface area contributed by atoms with Gasteiger partial charge < -0.3 is 14.3 Å². The molecule has 0 unspecified atom stereocenters. The van der Waals surface area contributed by atoms with Crippen molar-refractivity contribution in [2.75, 3.05) is 20.2 Å². The number of hydrogen-bond acceptors (Lipinski definition) is 5. The zero-order valence-corrected chi connectivity index (χ0v) is 17.0. The van der Waals surface area contributed by atoms with E-state index in [4.69, 9.17) is 9.15 Å². The Kier molecular flexibility index (Phi) is 5.66. The van der Waals surface area contributed by atoms with Crippen LogP contribution in [-0.2, 0) is 12.7 Å². The SMILES string of the molecule is COc1ccc(-c2c(C(F)(F)F)oc3c(CN4CCCCC4)c(O)ccc3c2=O)cc1. The van der Waals surface area contributed by atoms with E-state index in [2.05, 4.69) is 0 Å². The number of phenolic OH excluding ortho intramolecular Hbond substituents is 1. The lowest BCUT2D eigenvalue weighted by atomic mass is 9.99. The van der Waals surface area contributed by atoms with Crippen molar-refractivity contribution in [1.82, 2.24) is 4.90 Å². The van der Waals surface area contributed by atoms with Crippen molar-refractivity contribution in [3.8, 4) is 22.6 Å². The third kappa shape index (κ3) is 4.12. The van der Waals surface area contributed by atoms with Crippen molar-refractivity contribution < 1.29 is 27.4 Å². The molecule has 31 heavy (non-hydrogen) atoms. The van der Waals surface area contributed by atoms with E-state index >= 15 is 0 Å². The van der Waals surface area contributed by atoms with E-state index < -0.39 is 22.9 Å². The molecule has 164 valence electrons. The van der Waals surface area contributed by atoms with Gasteiger partial charge in [0.25, 0.3) is 0 Å². The third-order valence-electron chi connectivity index (χ3n) is 5.61. The van der Waals surface area contributed by atoms with Crippen LogP contribution in [0.2, 0.25) is 0 Å². The van der Waals surface area contributed by atoms with Crippen LogP contribution >= 0.6 is 0 Å². The second kappa shape index (κ2) is 8.26. The number of halogens is 3. The maximum atomic E-state index is 13.9. The molecular formula is C23H22F3NO4. The van der Waals surface area contributed by atoms with Crippen LogP contribution in [0.15, 0.2) is 45.6 Å². The standard InChI is InChI=1S/C23H22F3NO4/c1-30-15-7-5-14(6-8-15)19-20(29)16-9-10-18(28)17(13-27-11-3-2-4-12-27)21(16)31-22(19)23(24,25)26/h5-10,28H,2-4,11-13H2,1H3. The second-order valence-electron chi connectivity index (χ2n) is 7.64. The van der Waals surface area contributed by atoms with E-state index in [9.17, 15) is 23.1 Å². The van der Waals surface area contributed by atoms with E-state index in [0.29, 0.717) is 5.75 Å². The number of nitrogens with zero attached hydrogens (tertiary/aromatic N) is 1. The summed E-state index contributed by atoms with van der Waals surface area (Å²) in [6.45, 7) is 1.76. The van der Waals surface area contributed by atoms with Gasteiger partial charge in [-0.3, -0.25) is 9.69 Å². The summed E-state index contributed by atoms with van der Waals surface area (Å²) in [7, 11) is 1.44. The fourth-order valence-corrected chi connectivity index (χ4v) is 4.02. The molecule has 1 aromatic heterocycles. The van der Waals surface area contributed by atoms with Crippen LogP contribution < -0.4 is 10.2 Å². The predicted molar refractivity (Wildman–Crippen MR) is 110 cm³/mol. The first-order chi connectivity index (χ1) is 14.8. The third-order valence-corrected chi connectivity index (χ3v) is 5.61. The molecule has 0 amide bonds.